The molecule has 0 radical (unpaired) electrons. The van der Waals surface area contributed by atoms with Gasteiger partial charge in [-0.05, 0) is 38.8 Å². The van der Waals surface area contributed by atoms with Crippen LogP contribution in [-0.4, -0.2) is 98.9 Å². The minimum absolute atomic E-state index is 0.120. The van der Waals surface area contributed by atoms with Gasteiger partial charge in [0.2, 0.25) is 5.91 Å². The molecule has 4 aliphatic heterocycles. The van der Waals surface area contributed by atoms with Crippen molar-refractivity contribution in [1.29, 1.82) is 0 Å². The number of hydrogen-bond acceptors (Lipinski definition) is 5. The third-order valence-electron chi connectivity index (χ3n) is 6.60. The van der Waals surface area contributed by atoms with Crippen LogP contribution in [0, 0.1) is 5.41 Å². The highest BCUT2D eigenvalue weighted by Crippen LogP contribution is 2.42. The molecular formula is C19H33N3O3. The molecule has 6 nitrogen and oxygen atoms in total. The van der Waals surface area contributed by atoms with E-state index in [0.29, 0.717) is 19.1 Å². The maximum atomic E-state index is 13.4. The second kappa shape index (κ2) is 7.91. The molecular weight excluding hydrogens is 318 g/mol. The van der Waals surface area contributed by atoms with Crippen molar-refractivity contribution >= 4 is 5.91 Å². The minimum atomic E-state index is -0.308. The summed E-state index contributed by atoms with van der Waals surface area (Å²) in [6.07, 6.45) is 6.07. The molecule has 4 fully saturated rings. The van der Waals surface area contributed by atoms with Crippen molar-refractivity contribution in [2.24, 2.45) is 5.41 Å². The topological polar surface area (TPSA) is 45.3 Å². The van der Waals surface area contributed by atoms with Gasteiger partial charge in [-0.25, -0.2) is 0 Å². The smallest absolute Gasteiger partial charge is 0.232 e. The first kappa shape index (κ1) is 17.7. The molecule has 1 amide bonds. The Morgan fingerprint density at radius 3 is 2.48 bits per heavy atom. The molecule has 0 aromatic heterocycles. The van der Waals surface area contributed by atoms with E-state index in [1.54, 1.807) is 0 Å². The molecule has 4 rings (SSSR count). The molecule has 6 heteroatoms. The summed E-state index contributed by atoms with van der Waals surface area (Å²) in [6.45, 7) is 10.2. The highest BCUT2D eigenvalue weighted by Gasteiger charge is 2.54. The number of rotatable bonds is 4. The lowest BCUT2D eigenvalue weighted by atomic mass is 9.75. The molecule has 142 valence electrons. The SMILES string of the molecule is O=C(N1CCOCC1)[C@@]12CCO[C@@H]1CCN(CCN1CCCCC1)C2. The number of carbonyl (C=O) groups excluding carboxylic acids is 1. The lowest BCUT2D eigenvalue weighted by Gasteiger charge is -2.45. The number of fused-ring (bicyclic) bond motifs is 1. The number of ether oxygens (including phenoxy) is 2. The molecule has 0 N–H and O–H groups in total. The van der Waals surface area contributed by atoms with Crippen LogP contribution in [0.15, 0.2) is 0 Å². The lowest BCUT2D eigenvalue weighted by molar-refractivity contribution is -0.154. The lowest BCUT2D eigenvalue weighted by Crippen LogP contribution is -2.59. The number of morpholine rings is 1. The summed E-state index contributed by atoms with van der Waals surface area (Å²) in [4.78, 5) is 20.5. The first-order valence-electron chi connectivity index (χ1n) is 10.2. The van der Waals surface area contributed by atoms with E-state index in [4.69, 9.17) is 9.47 Å². The first-order chi connectivity index (χ1) is 12.3. The van der Waals surface area contributed by atoms with Gasteiger partial charge in [-0.2, -0.15) is 0 Å². The Kier molecular flexibility index (Phi) is 5.60. The number of carbonyl (C=O) groups is 1. The Morgan fingerprint density at radius 2 is 1.68 bits per heavy atom. The van der Waals surface area contributed by atoms with Crippen LogP contribution in [0.1, 0.15) is 32.1 Å². The molecule has 0 spiro atoms. The van der Waals surface area contributed by atoms with Crippen LogP contribution in [0.2, 0.25) is 0 Å². The predicted molar refractivity (Wildman–Crippen MR) is 95.5 cm³/mol. The van der Waals surface area contributed by atoms with Crippen molar-refractivity contribution < 1.29 is 14.3 Å². The van der Waals surface area contributed by atoms with E-state index in [1.165, 1.54) is 32.4 Å². The third kappa shape index (κ3) is 3.72. The molecule has 0 unspecified atom stereocenters. The third-order valence-corrected chi connectivity index (χ3v) is 6.60. The summed E-state index contributed by atoms with van der Waals surface area (Å²) in [5.74, 6) is 0.320. The van der Waals surface area contributed by atoms with Crippen molar-refractivity contribution in [1.82, 2.24) is 14.7 Å². The van der Waals surface area contributed by atoms with E-state index in [-0.39, 0.29) is 11.5 Å². The number of likely N-dealkylation sites (tertiary alicyclic amines) is 2. The zero-order valence-corrected chi connectivity index (χ0v) is 15.5. The molecule has 4 aliphatic rings. The molecule has 0 aliphatic carbocycles. The van der Waals surface area contributed by atoms with Crippen LogP contribution in [0.4, 0.5) is 0 Å². The zero-order chi connectivity index (χ0) is 17.1. The van der Waals surface area contributed by atoms with E-state index in [9.17, 15) is 4.79 Å². The Balaban J connectivity index is 1.39. The molecule has 0 aromatic rings. The summed E-state index contributed by atoms with van der Waals surface area (Å²) in [6, 6.07) is 0. The van der Waals surface area contributed by atoms with Crippen molar-refractivity contribution in [3.63, 3.8) is 0 Å². The fourth-order valence-corrected chi connectivity index (χ4v) is 5.07. The van der Waals surface area contributed by atoms with Gasteiger partial charge in [0.15, 0.2) is 0 Å². The van der Waals surface area contributed by atoms with Gasteiger partial charge in [0, 0.05) is 45.9 Å². The van der Waals surface area contributed by atoms with Crippen molar-refractivity contribution in [3.05, 3.63) is 0 Å². The van der Waals surface area contributed by atoms with Gasteiger partial charge in [-0.1, -0.05) is 6.42 Å². The number of piperidine rings is 2. The molecule has 25 heavy (non-hydrogen) atoms. The molecule has 2 atom stereocenters. The maximum absolute atomic E-state index is 13.4. The van der Waals surface area contributed by atoms with Gasteiger partial charge in [0.25, 0.3) is 0 Å². The van der Waals surface area contributed by atoms with Crippen LogP contribution >= 0.6 is 0 Å². The molecule has 0 bridgehead atoms. The van der Waals surface area contributed by atoms with Gasteiger partial charge in [0.05, 0.1) is 24.7 Å². The first-order valence-corrected chi connectivity index (χ1v) is 10.2. The Morgan fingerprint density at radius 1 is 0.920 bits per heavy atom. The van der Waals surface area contributed by atoms with Gasteiger partial charge >= 0.3 is 0 Å². The van der Waals surface area contributed by atoms with E-state index < -0.39 is 0 Å². The van der Waals surface area contributed by atoms with Crippen molar-refractivity contribution in [2.45, 2.75) is 38.2 Å². The highest BCUT2D eigenvalue weighted by atomic mass is 16.5. The monoisotopic (exact) mass is 351 g/mol. The van der Waals surface area contributed by atoms with Crippen molar-refractivity contribution in [2.75, 3.05) is 72.2 Å². The van der Waals surface area contributed by atoms with Crippen LogP contribution in [0.25, 0.3) is 0 Å². The highest BCUT2D eigenvalue weighted by molar-refractivity contribution is 5.84. The van der Waals surface area contributed by atoms with Crippen LogP contribution in [0.5, 0.6) is 0 Å². The Hall–Kier alpha value is -0.690. The summed E-state index contributed by atoms with van der Waals surface area (Å²) in [5.41, 5.74) is -0.308. The Bertz CT molecular complexity index is 463. The molecule has 0 aromatic carbocycles. The predicted octanol–water partition coefficient (Wildman–Crippen LogP) is 0.812. The Labute approximate surface area is 151 Å². The van der Waals surface area contributed by atoms with Gasteiger partial charge in [-0.3, -0.25) is 4.79 Å². The summed E-state index contributed by atoms with van der Waals surface area (Å²) < 4.78 is 11.4. The van der Waals surface area contributed by atoms with Gasteiger partial charge < -0.3 is 24.2 Å². The fourth-order valence-electron chi connectivity index (χ4n) is 5.07. The van der Waals surface area contributed by atoms with Crippen LogP contribution in [-0.2, 0) is 14.3 Å². The number of nitrogens with zero attached hydrogens (tertiary/aromatic N) is 3. The van der Waals surface area contributed by atoms with E-state index >= 15 is 0 Å². The molecule has 4 heterocycles. The average Bonchev–Trinajstić information content (AvgIpc) is 3.11. The van der Waals surface area contributed by atoms with E-state index in [0.717, 1.165) is 58.7 Å². The number of amides is 1. The second-order valence-electron chi connectivity index (χ2n) is 8.14. The average molecular weight is 351 g/mol. The molecule has 4 saturated heterocycles. The number of hydrogen-bond donors (Lipinski definition) is 0. The van der Waals surface area contributed by atoms with Gasteiger partial charge in [-0.15, -0.1) is 0 Å². The zero-order valence-electron chi connectivity index (χ0n) is 15.5. The molecule has 0 saturated carbocycles. The van der Waals surface area contributed by atoms with Gasteiger partial charge in [0.1, 0.15) is 0 Å². The second-order valence-corrected chi connectivity index (χ2v) is 8.14. The van der Waals surface area contributed by atoms with E-state index in [2.05, 4.69) is 9.80 Å². The standard InChI is InChI=1S/C19H33N3O3/c23-18(22-11-14-24-15-12-22)19-5-13-25-17(19)4-8-21(16-19)10-9-20-6-2-1-3-7-20/h17H,1-16H2/t17-,19-/m1/s1. The fraction of sp³-hybridized carbons (Fsp3) is 0.947. The summed E-state index contributed by atoms with van der Waals surface area (Å²) >= 11 is 0. The van der Waals surface area contributed by atoms with Crippen LogP contribution < -0.4 is 0 Å². The normalized spacial score (nSPS) is 34.9. The van der Waals surface area contributed by atoms with Crippen LogP contribution in [0.3, 0.4) is 0 Å². The quantitative estimate of drug-likeness (QED) is 0.750. The maximum Gasteiger partial charge on any atom is 0.232 e. The summed E-state index contributed by atoms with van der Waals surface area (Å²) in [5, 5.41) is 0. The largest absolute Gasteiger partial charge is 0.378 e. The van der Waals surface area contributed by atoms with Crippen molar-refractivity contribution in [3.8, 4) is 0 Å². The van der Waals surface area contributed by atoms with E-state index in [1.807, 2.05) is 4.90 Å². The minimum Gasteiger partial charge on any atom is -0.378 e. The summed E-state index contributed by atoms with van der Waals surface area (Å²) in [7, 11) is 0.